The molecule has 0 saturated carbocycles. The predicted octanol–water partition coefficient (Wildman–Crippen LogP) is -0.509. The van der Waals surface area contributed by atoms with Crippen molar-refractivity contribution >= 4 is 32.2 Å². The summed E-state index contributed by atoms with van der Waals surface area (Å²) in [6.45, 7) is 0.682. The number of carbonyl (C=O) groups excluding carboxylic acids is 1. The third kappa shape index (κ3) is 5.67. The molecule has 0 aromatic rings. The van der Waals surface area contributed by atoms with Crippen LogP contribution in [0.3, 0.4) is 0 Å². The van der Waals surface area contributed by atoms with Gasteiger partial charge in [0.1, 0.15) is 0 Å². The van der Waals surface area contributed by atoms with Gasteiger partial charge in [-0.25, -0.2) is 0 Å². The summed E-state index contributed by atoms with van der Waals surface area (Å²) in [5.41, 5.74) is 11.2. The van der Waals surface area contributed by atoms with Crippen molar-refractivity contribution in [2.75, 3.05) is 6.54 Å². The van der Waals surface area contributed by atoms with Gasteiger partial charge < -0.3 is 0 Å². The number of amides is 1. The maximum absolute atomic E-state index is 11.8. The Balaban J connectivity index is 2.16. The fraction of sp³-hybridized carbons (Fsp3) is 0.900. The molecule has 2 atom stereocenters. The van der Waals surface area contributed by atoms with Crippen LogP contribution >= 0.6 is 0 Å². The Morgan fingerprint density at radius 2 is 2.25 bits per heavy atom. The molecule has 0 aromatic heterocycles. The number of nitrogens with two attached hydrogens (primary N) is 2. The van der Waals surface area contributed by atoms with E-state index in [0.29, 0.717) is 12.6 Å². The summed E-state index contributed by atoms with van der Waals surface area (Å²) in [4.78, 5) is 11.8. The minimum absolute atomic E-state index is 0.0345. The van der Waals surface area contributed by atoms with E-state index in [0.717, 1.165) is 51.9 Å². The van der Waals surface area contributed by atoms with Gasteiger partial charge in [0.05, 0.1) is 0 Å². The fourth-order valence-corrected chi connectivity index (χ4v) is 8.82. The number of hydrogen-bond acceptors (Lipinski definition) is 3. The predicted molar refractivity (Wildman–Crippen MR) is 68.6 cm³/mol. The number of rotatable bonds is 6. The van der Waals surface area contributed by atoms with Crippen molar-refractivity contribution in [3.05, 3.63) is 0 Å². The zero-order valence-electron chi connectivity index (χ0n) is 9.48. The Morgan fingerprint density at radius 1 is 1.44 bits per heavy atom. The van der Waals surface area contributed by atoms with Crippen LogP contribution in [0, 0.1) is 0 Å². The average molecular weight is 357 g/mol. The van der Waals surface area contributed by atoms with Crippen LogP contribution in [0.2, 0.25) is 10.6 Å². The first-order valence-electron chi connectivity index (χ1n) is 5.74. The average Bonchev–Trinajstić information content (AvgIpc) is 2.30. The van der Waals surface area contributed by atoms with Gasteiger partial charge in [-0.05, 0) is 0 Å². The van der Waals surface area contributed by atoms with Crippen LogP contribution in [0.4, 0.5) is 0 Å². The number of nitrogens with one attached hydrogen (secondary N) is 1. The summed E-state index contributed by atoms with van der Waals surface area (Å²) >= 11 is 1.66. The summed E-state index contributed by atoms with van der Waals surface area (Å²) in [7, 11) is 0. The summed E-state index contributed by atoms with van der Waals surface area (Å²) in [5, 5.41) is 5.60. The third-order valence-electron chi connectivity index (χ3n) is 2.55. The van der Waals surface area contributed by atoms with Crippen LogP contribution in [-0.2, 0) is 4.79 Å². The summed E-state index contributed by atoms with van der Waals surface area (Å²) in [5.74, 6) is 0.0345. The normalized spacial score (nSPS) is 22.8. The first kappa shape index (κ1) is 14.5. The van der Waals surface area contributed by atoms with Gasteiger partial charge in [0.2, 0.25) is 0 Å². The zero-order chi connectivity index (χ0) is 11.8. The summed E-state index contributed by atoms with van der Waals surface area (Å²) in [6.07, 6.45) is 3.81. The summed E-state index contributed by atoms with van der Waals surface area (Å²) in [6, 6.07) is 0.0650. The Bertz CT molecular complexity index is 210. The van der Waals surface area contributed by atoms with E-state index in [1.165, 1.54) is 10.6 Å². The van der Waals surface area contributed by atoms with Gasteiger partial charge in [-0.2, -0.15) is 0 Å². The van der Waals surface area contributed by atoms with E-state index in [9.17, 15) is 4.79 Å². The van der Waals surface area contributed by atoms with Gasteiger partial charge in [0.15, 0.2) is 0 Å². The van der Waals surface area contributed by atoms with E-state index in [4.69, 9.17) is 11.5 Å². The molecule has 0 radical (unpaired) electrons. The molecule has 6 heteroatoms. The van der Waals surface area contributed by atoms with Crippen molar-refractivity contribution < 1.29 is 4.79 Å². The molecule has 0 spiro atoms. The van der Waals surface area contributed by atoms with Crippen LogP contribution < -0.4 is 16.8 Å². The van der Waals surface area contributed by atoms with E-state index in [-0.39, 0.29) is 11.9 Å². The molecule has 5 N–H and O–H groups in total. The van der Waals surface area contributed by atoms with Gasteiger partial charge in [0.25, 0.3) is 0 Å². The molecule has 1 amide bonds. The van der Waals surface area contributed by atoms with Crippen LogP contribution in [0.15, 0.2) is 0 Å². The Kier molecular flexibility index (Phi) is 7.71. The number of carbonyl (C=O) groups is 1. The van der Waals surface area contributed by atoms with Crippen LogP contribution in [0.1, 0.15) is 25.7 Å². The Labute approximate surface area is 109 Å². The first-order chi connectivity index (χ1) is 7.74. The van der Waals surface area contributed by atoms with Crippen molar-refractivity contribution in [2.45, 2.75) is 48.4 Å². The zero-order valence-corrected chi connectivity index (χ0v) is 12.9. The molecule has 1 heterocycles. The van der Waals surface area contributed by atoms with Gasteiger partial charge in [-0.3, -0.25) is 0 Å². The van der Waals surface area contributed by atoms with E-state index in [1.54, 1.807) is 0 Å². The van der Waals surface area contributed by atoms with E-state index >= 15 is 0 Å². The van der Waals surface area contributed by atoms with Gasteiger partial charge in [-0.15, -0.1) is 0 Å². The van der Waals surface area contributed by atoms with Gasteiger partial charge in [-0.1, -0.05) is 0 Å². The maximum atomic E-state index is 11.8. The van der Waals surface area contributed by atoms with Crippen molar-refractivity contribution in [2.24, 2.45) is 11.5 Å². The van der Waals surface area contributed by atoms with Crippen molar-refractivity contribution in [3.8, 4) is 0 Å². The molecule has 0 aromatic carbocycles. The standard InChI is InChI=1S/C10H21N3OSe2/c11-5-2-1-3-9(12)10(14)13-8-4-6-15-16-7-8/h8-9H,1-7,11-12H2,(H,13,14)/t8-,9-/m0/s1. The molecule has 1 aliphatic heterocycles. The van der Waals surface area contributed by atoms with Crippen molar-refractivity contribution in [1.82, 2.24) is 5.32 Å². The Morgan fingerprint density at radius 3 is 2.88 bits per heavy atom. The second-order valence-corrected chi connectivity index (χ2v) is 11.7. The minimum atomic E-state index is -0.341. The molecule has 0 aliphatic carbocycles. The first-order valence-corrected chi connectivity index (χ1v) is 12.5. The van der Waals surface area contributed by atoms with Crippen LogP contribution in [-0.4, -0.2) is 50.8 Å². The molecule has 0 unspecified atom stereocenters. The van der Waals surface area contributed by atoms with Crippen molar-refractivity contribution in [1.29, 1.82) is 0 Å². The summed E-state index contributed by atoms with van der Waals surface area (Å²) < 4.78 is 0. The SMILES string of the molecule is NCCCC[C@H](N)C(=O)N[C@H]1CC[Se][Se]C1. The second kappa shape index (κ2) is 8.51. The number of unbranched alkanes of at least 4 members (excludes halogenated alkanes) is 1. The topological polar surface area (TPSA) is 81.1 Å². The molecule has 1 aliphatic rings. The van der Waals surface area contributed by atoms with Gasteiger partial charge >= 0.3 is 109 Å². The second-order valence-electron chi connectivity index (χ2n) is 3.99. The monoisotopic (exact) mass is 359 g/mol. The molecular weight excluding hydrogens is 336 g/mol. The van der Waals surface area contributed by atoms with Crippen molar-refractivity contribution in [3.63, 3.8) is 0 Å². The molecule has 1 saturated heterocycles. The van der Waals surface area contributed by atoms with Crippen LogP contribution in [0.5, 0.6) is 0 Å². The fourth-order valence-electron chi connectivity index (χ4n) is 1.52. The molecule has 94 valence electrons. The molecule has 1 rings (SSSR count). The molecular formula is C10H21N3OSe2. The van der Waals surface area contributed by atoms with Gasteiger partial charge in [0, 0.05) is 0 Å². The van der Waals surface area contributed by atoms with E-state index < -0.39 is 0 Å². The quantitative estimate of drug-likeness (QED) is 0.443. The molecule has 0 bridgehead atoms. The number of hydrogen-bond donors (Lipinski definition) is 3. The van der Waals surface area contributed by atoms with Crippen LogP contribution in [0.25, 0.3) is 0 Å². The molecule has 4 nitrogen and oxygen atoms in total. The van der Waals surface area contributed by atoms with E-state index in [2.05, 4.69) is 5.32 Å². The molecule has 16 heavy (non-hydrogen) atoms. The third-order valence-corrected chi connectivity index (χ3v) is 10.00. The Hall–Kier alpha value is 0.429. The van der Waals surface area contributed by atoms with E-state index in [1.807, 2.05) is 0 Å². The molecule has 1 fully saturated rings.